The van der Waals surface area contributed by atoms with E-state index < -0.39 is 10.8 Å². The first kappa shape index (κ1) is 13.2. The Bertz CT molecular complexity index is 324. The van der Waals surface area contributed by atoms with Crippen molar-refractivity contribution in [2.75, 3.05) is 29.5 Å². The lowest BCUT2D eigenvalue weighted by molar-refractivity contribution is 0.673. The average molecular weight is 239 g/mol. The predicted octanol–water partition coefficient (Wildman–Crippen LogP) is 2.59. The predicted molar refractivity (Wildman–Crippen MR) is 72.6 cm³/mol. The quantitative estimate of drug-likeness (QED) is 0.751. The molecule has 0 saturated carbocycles. The van der Waals surface area contributed by atoms with Gasteiger partial charge in [-0.25, -0.2) is 0 Å². The van der Waals surface area contributed by atoms with Crippen LogP contribution in [0.4, 0.5) is 5.69 Å². The molecule has 0 bridgehead atoms. The normalized spacial score (nSPS) is 16.6. The van der Waals surface area contributed by atoms with E-state index in [9.17, 15) is 4.21 Å². The Morgan fingerprint density at radius 1 is 1.06 bits per heavy atom. The summed E-state index contributed by atoms with van der Waals surface area (Å²) >= 11 is 0. The first-order chi connectivity index (χ1) is 7.75. The molecular weight excluding hydrogens is 218 g/mol. The maximum Gasteiger partial charge on any atom is 0.0411 e. The molecule has 0 atom stereocenters. The van der Waals surface area contributed by atoms with Gasteiger partial charge in [0.05, 0.1) is 0 Å². The number of hydrogen-bond donors (Lipinski definition) is 0. The third-order valence-electron chi connectivity index (χ3n) is 2.58. The van der Waals surface area contributed by atoms with Crippen LogP contribution in [0.25, 0.3) is 0 Å². The molecule has 2 nitrogen and oxygen atoms in total. The van der Waals surface area contributed by atoms with Crippen LogP contribution < -0.4 is 4.90 Å². The second-order valence-electron chi connectivity index (χ2n) is 3.67. The van der Waals surface area contributed by atoms with Crippen molar-refractivity contribution in [2.45, 2.75) is 20.8 Å². The fourth-order valence-electron chi connectivity index (χ4n) is 1.65. The van der Waals surface area contributed by atoms with Crippen LogP contribution in [-0.2, 0) is 10.8 Å². The largest absolute Gasteiger partial charge is 0.370 e. The zero-order valence-corrected chi connectivity index (χ0v) is 11.2. The topological polar surface area (TPSA) is 20.3 Å². The van der Waals surface area contributed by atoms with Crippen molar-refractivity contribution in [2.24, 2.45) is 0 Å². The molecular formula is C13H21NOS. The number of benzene rings is 1. The van der Waals surface area contributed by atoms with Gasteiger partial charge in [0.1, 0.15) is 0 Å². The molecule has 90 valence electrons. The first-order valence-electron chi connectivity index (χ1n) is 5.92. The maximum absolute atomic E-state index is 11.2. The molecule has 0 unspecified atom stereocenters. The van der Waals surface area contributed by atoms with E-state index >= 15 is 0 Å². The van der Waals surface area contributed by atoms with Gasteiger partial charge in [0.15, 0.2) is 0 Å². The molecule has 0 aromatic heterocycles. The number of hydrogen-bond acceptors (Lipinski definition) is 2. The van der Waals surface area contributed by atoms with E-state index in [0.29, 0.717) is 0 Å². The fourth-order valence-corrected chi connectivity index (χ4v) is 2.70. The fraction of sp³-hybridized carbons (Fsp3) is 0.538. The molecule has 2 rings (SSSR count). The maximum atomic E-state index is 11.2. The molecule has 0 radical (unpaired) electrons. The Labute approximate surface area is 101 Å². The second kappa shape index (κ2) is 6.69. The standard InChI is InChI=1S/C11H15NOS.C2H6/c1-10-2-4-11(5-3-10)12-6-8-14(13)9-7-12;1-2/h2-5H,6-9H2,1H3;1-2H3. The van der Waals surface area contributed by atoms with E-state index in [0.717, 1.165) is 24.6 Å². The van der Waals surface area contributed by atoms with Gasteiger partial charge in [0.25, 0.3) is 0 Å². The molecule has 1 aromatic rings. The monoisotopic (exact) mass is 239 g/mol. The molecule has 16 heavy (non-hydrogen) atoms. The molecule has 0 amide bonds. The van der Waals surface area contributed by atoms with Crippen LogP contribution in [-0.4, -0.2) is 28.8 Å². The number of anilines is 1. The third-order valence-corrected chi connectivity index (χ3v) is 3.85. The molecule has 3 heteroatoms. The highest BCUT2D eigenvalue weighted by Gasteiger charge is 2.14. The van der Waals surface area contributed by atoms with Crippen LogP contribution >= 0.6 is 0 Å². The van der Waals surface area contributed by atoms with Gasteiger partial charge >= 0.3 is 0 Å². The molecule has 1 aromatic carbocycles. The second-order valence-corrected chi connectivity index (χ2v) is 5.37. The Balaban J connectivity index is 0.000000606. The van der Waals surface area contributed by atoms with E-state index in [-0.39, 0.29) is 0 Å². The van der Waals surface area contributed by atoms with E-state index in [1.165, 1.54) is 11.3 Å². The van der Waals surface area contributed by atoms with Gasteiger partial charge in [0.2, 0.25) is 0 Å². The van der Waals surface area contributed by atoms with Crippen LogP contribution in [0.2, 0.25) is 0 Å². The zero-order valence-electron chi connectivity index (χ0n) is 10.4. The summed E-state index contributed by atoms with van der Waals surface area (Å²) in [5.41, 5.74) is 2.54. The van der Waals surface area contributed by atoms with E-state index in [2.05, 4.69) is 36.1 Å². The van der Waals surface area contributed by atoms with Gasteiger partial charge in [-0.2, -0.15) is 0 Å². The molecule has 1 aliphatic rings. The van der Waals surface area contributed by atoms with Crippen LogP contribution in [0.15, 0.2) is 24.3 Å². The molecule has 1 heterocycles. The Morgan fingerprint density at radius 3 is 2.06 bits per heavy atom. The van der Waals surface area contributed by atoms with Crippen molar-refractivity contribution >= 4 is 16.5 Å². The Hall–Kier alpha value is -0.830. The summed E-state index contributed by atoms with van der Waals surface area (Å²) < 4.78 is 11.2. The SMILES string of the molecule is CC.Cc1ccc(N2CCS(=O)CC2)cc1. The van der Waals surface area contributed by atoms with Crippen LogP contribution in [0.3, 0.4) is 0 Å². The third kappa shape index (κ3) is 3.63. The lowest BCUT2D eigenvalue weighted by Gasteiger charge is -2.28. The van der Waals surface area contributed by atoms with Gasteiger partial charge in [0, 0.05) is 41.1 Å². The number of nitrogens with zero attached hydrogens (tertiary/aromatic N) is 1. The van der Waals surface area contributed by atoms with Crippen LogP contribution in [0.1, 0.15) is 19.4 Å². The van der Waals surface area contributed by atoms with Crippen molar-refractivity contribution in [1.82, 2.24) is 0 Å². The molecule has 1 fully saturated rings. The van der Waals surface area contributed by atoms with E-state index in [1.807, 2.05) is 13.8 Å². The summed E-state index contributed by atoms with van der Waals surface area (Å²) in [5.74, 6) is 1.63. The summed E-state index contributed by atoms with van der Waals surface area (Å²) in [4.78, 5) is 2.31. The Morgan fingerprint density at radius 2 is 1.56 bits per heavy atom. The van der Waals surface area contributed by atoms with Gasteiger partial charge in [-0.05, 0) is 19.1 Å². The van der Waals surface area contributed by atoms with Crippen molar-refractivity contribution in [3.05, 3.63) is 29.8 Å². The van der Waals surface area contributed by atoms with Crippen molar-refractivity contribution in [3.8, 4) is 0 Å². The van der Waals surface area contributed by atoms with Crippen LogP contribution in [0.5, 0.6) is 0 Å². The van der Waals surface area contributed by atoms with Crippen LogP contribution in [0, 0.1) is 6.92 Å². The average Bonchev–Trinajstić information content (AvgIpc) is 2.34. The minimum absolute atomic E-state index is 0.581. The summed E-state index contributed by atoms with van der Waals surface area (Å²) in [5, 5.41) is 0. The van der Waals surface area contributed by atoms with Crippen molar-refractivity contribution in [1.29, 1.82) is 0 Å². The van der Waals surface area contributed by atoms with Crippen molar-refractivity contribution < 1.29 is 4.21 Å². The number of rotatable bonds is 1. The summed E-state index contributed by atoms with van der Waals surface area (Å²) in [6.07, 6.45) is 0. The molecule has 0 N–H and O–H groups in total. The van der Waals surface area contributed by atoms with Crippen molar-refractivity contribution in [3.63, 3.8) is 0 Å². The lowest BCUT2D eigenvalue weighted by atomic mass is 10.2. The van der Waals surface area contributed by atoms with Gasteiger partial charge in [-0.3, -0.25) is 4.21 Å². The lowest BCUT2D eigenvalue weighted by Crippen LogP contribution is -2.37. The van der Waals surface area contributed by atoms with E-state index in [1.54, 1.807) is 0 Å². The highest BCUT2D eigenvalue weighted by atomic mass is 32.2. The van der Waals surface area contributed by atoms with Gasteiger partial charge in [-0.1, -0.05) is 31.5 Å². The van der Waals surface area contributed by atoms with E-state index in [4.69, 9.17) is 0 Å². The van der Waals surface area contributed by atoms with Gasteiger partial charge in [-0.15, -0.1) is 0 Å². The minimum Gasteiger partial charge on any atom is -0.370 e. The van der Waals surface area contributed by atoms with Gasteiger partial charge < -0.3 is 4.90 Å². The number of aryl methyl sites for hydroxylation is 1. The molecule has 1 saturated heterocycles. The first-order valence-corrected chi connectivity index (χ1v) is 7.41. The summed E-state index contributed by atoms with van der Waals surface area (Å²) in [7, 11) is -0.581. The minimum atomic E-state index is -0.581. The molecule has 0 spiro atoms. The highest BCUT2D eigenvalue weighted by molar-refractivity contribution is 7.85. The Kier molecular flexibility index (Phi) is 5.53. The summed E-state index contributed by atoms with van der Waals surface area (Å²) in [6, 6.07) is 8.54. The zero-order chi connectivity index (χ0) is 12.0. The summed E-state index contributed by atoms with van der Waals surface area (Å²) in [6.45, 7) is 7.94. The molecule has 0 aliphatic carbocycles. The highest BCUT2D eigenvalue weighted by Crippen LogP contribution is 2.16. The molecule has 1 aliphatic heterocycles. The smallest absolute Gasteiger partial charge is 0.0411 e.